The first kappa shape index (κ1) is 22.6. The van der Waals surface area contributed by atoms with Gasteiger partial charge in [0.05, 0.1) is 17.1 Å². The van der Waals surface area contributed by atoms with Gasteiger partial charge in [-0.2, -0.15) is 0 Å². The summed E-state index contributed by atoms with van der Waals surface area (Å²) in [5.74, 6) is 0.897. The second-order valence-corrected chi connectivity index (χ2v) is 10.5. The fourth-order valence-electron chi connectivity index (χ4n) is 4.20. The molecular formula is C24H31N3O4S. The zero-order valence-electron chi connectivity index (χ0n) is 18.4. The number of nitrogens with one attached hydrogen (secondary N) is 1. The Hall–Kier alpha value is -2.58. The lowest BCUT2D eigenvalue weighted by molar-refractivity contribution is -0.127. The number of para-hydroxylation sites is 2. The van der Waals surface area contributed by atoms with Crippen LogP contribution in [0.3, 0.4) is 0 Å². The summed E-state index contributed by atoms with van der Waals surface area (Å²) < 4.78 is 33.8. The Kier molecular flexibility index (Phi) is 7.01. The largest absolute Gasteiger partial charge is 0.476 e. The first-order chi connectivity index (χ1) is 15.4. The molecule has 2 aliphatic rings. The van der Waals surface area contributed by atoms with Gasteiger partial charge >= 0.3 is 0 Å². The minimum Gasteiger partial charge on any atom is -0.476 e. The van der Waals surface area contributed by atoms with Gasteiger partial charge in [-0.3, -0.25) is 9.10 Å². The van der Waals surface area contributed by atoms with Crippen LogP contribution in [0.5, 0.6) is 5.75 Å². The zero-order chi connectivity index (χ0) is 22.6. The molecule has 0 radical (unpaired) electrons. The first-order valence-corrected chi connectivity index (χ1v) is 12.7. The van der Waals surface area contributed by atoms with Crippen LogP contribution < -0.4 is 14.4 Å². The molecule has 1 saturated heterocycles. The van der Waals surface area contributed by atoms with Crippen LogP contribution in [0.1, 0.15) is 26.2 Å². The summed E-state index contributed by atoms with van der Waals surface area (Å²) in [4.78, 5) is 15.5. The molecule has 32 heavy (non-hydrogen) atoms. The van der Waals surface area contributed by atoms with Gasteiger partial charge in [0.1, 0.15) is 5.75 Å². The lowest BCUT2D eigenvalue weighted by Crippen LogP contribution is -2.51. The molecule has 2 heterocycles. The maximum absolute atomic E-state index is 13.3. The number of hydrogen-bond acceptors (Lipinski definition) is 5. The zero-order valence-corrected chi connectivity index (χ0v) is 19.3. The van der Waals surface area contributed by atoms with Crippen molar-refractivity contribution in [1.82, 2.24) is 10.2 Å². The number of piperidine rings is 1. The van der Waals surface area contributed by atoms with Crippen LogP contribution in [-0.4, -0.2) is 58.1 Å². The molecule has 7 nitrogen and oxygen atoms in total. The van der Waals surface area contributed by atoms with Gasteiger partial charge in [-0.25, -0.2) is 8.42 Å². The molecular weight excluding hydrogens is 426 g/mol. The van der Waals surface area contributed by atoms with Crippen LogP contribution in [0, 0.1) is 5.92 Å². The van der Waals surface area contributed by atoms with Crippen LogP contribution in [0.2, 0.25) is 0 Å². The Morgan fingerprint density at radius 3 is 2.50 bits per heavy atom. The van der Waals surface area contributed by atoms with Crippen molar-refractivity contribution >= 4 is 21.6 Å². The van der Waals surface area contributed by atoms with Crippen molar-refractivity contribution in [2.45, 2.75) is 37.2 Å². The molecule has 1 fully saturated rings. The minimum absolute atomic E-state index is 0.0654. The monoisotopic (exact) mass is 457 g/mol. The fourth-order valence-corrected chi connectivity index (χ4v) is 5.70. The molecule has 0 saturated carbocycles. The van der Waals surface area contributed by atoms with Gasteiger partial charge in [-0.1, -0.05) is 37.3 Å². The van der Waals surface area contributed by atoms with Crippen LogP contribution in [0.25, 0.3) is 0 Å². The van der Waals surface area contributed by atoms with E-state index in [1.807, 2.05) is 0 Å². The second kappa shape index (κ2) is 9.92. The maximum atomic E-state index is 13.3. The molecule has 2 aromatic carbocycles. The molecule has 0 spiro atoms. The molecule has 1 atom stereocenters. The number of carbonyl (C=O) groups is 1. The Morgan fingerprint density at radius 1 is 1.06 bits per heavy atom. The SMILES string of the molecule is CC1CCN(CCCNC(=O)C2CN(S(=O)(=O)c3ccccc3)c3ccccc3O2)CC1. The summed E-state index contributed by atoms with van der Waals surface area (Å²) in [6, 6.07) is 15.2. The molecule has 1 N–H and O–H groups in total. The van der Waals surface area contributed by atoms with Crippen molar-refractivity contribution in [2.24, 2.45) is 5.92 Å². The van der Waals surface area contributed by atoms with Gasteiger partial charge in [-0.05, 0) is 69.1 Å². The number of amides is 1. The van der Waals surface area contributed by atoms with E-state index in [-0.39, 0.29) is 17.3 Å². The third-order valence-corrected chi connectivity index (χ3v) is 7.98. The number of fused-ring (bicyclic) bond motifs is 1. The van der Waals surface area contributed by atoms with Crippen LogP contribution >= 0.6 is 0 Å². The molecule has 4 rings (SSSR count). The van der Waals surface area contributed by atoms with Crippen LogP contribution in [0.15, 0.2) is 59.5 Å². The third-order valence-electron chi connectivity index (χ3n) is 6.19. The molecule has 2 aliphatic heterocycles. The number of carbonyl (C=O) groups excluding carboxylic acids is 1. The summed E-state index contributed by atoms with van der Waals surface area (Å²) in [6.45, 7) is 5.95. The molecule has 0 aliphatic carbocycles. The minimum atomic E-state index is -3.82. The van der Waals surface area contributed by atoms with E-state index in [2.05, 4.69) is 17.1 Å². The van der Waals surface area contributed by atoms with E-state index in [1.165, 1.54) is 17.1 Å². The van der Waals surface area contributed by atoms with Gasteiger partial charge in [0, 0.05) is 6.54 Å². The van der Waals surface area contributed by atoms with Crippen molar-refractivity contribution in [3.63, 3.8) is 0 Å². The molecule has 1 unspecified atom stereocenters. The molecule has 1 amide bonds. The lowest BCUT2D eigenvalue weighted by atomic mass is 9.99. The fraction of sp³-hybridized carbons (Fsp3) is 0.458. The number of anilines is 1. The predicted molar refractivity (Wildman–Crippen MR) is 124 cm³/mol. The molecule has 2 aromatic rings. The van der Waals surface area contributed by atoms with Gasteiger partial charge in [0.15, 0.2) is 6.10 Å². The smallest absolute Gasteiger partial charge is 0.264 e. The number of benzene rings is 2. The molecule has 0 bridgehead atoms. The molecule has 0 aromatic heterocycles. The highest BCUT2D eigenvalue weighted by molar-refractivity contribution is 7.92. The summed E-state index contributed by atoms with van der Waals surface area (Å²) >= 11 is 0. The highest BCUT2D eigenvalue weighted by Gasteiger charge is 2.37. The lowest BCUT2D eigenvalue weighted by Gasteiger charge is -2.34. The van der Waals surface area contributed by atoms with E-state index in [0.29, 0.717) is 18.0 Å². The van der Waals surface area contributed by atoms with Gasteiger partial charge in [0.25, 0.3) is 15.9 Å². The van der Waals surface area contributed by atoms with Crippen molar-refractivity contribution in [3.05, 3.63) is 54.6 Å². The van der Waals surface area contributed by atoms with Gasteiger partial charge < -0.3 is 15.0 Å². The number of nitrogens with zero attached hydrogens (tertiary/aromatic N) is 2. The van der Waals surface area contributed by atoms with Crippen molar-refractivity contribution in [1.29, 1.82) is 0 Å². The summed E-state index contributed by atoms with van der Waals surface area (Å²) in [5.41, 5.74) is 0.444. The number of hydrogen-bond donors (Lipinski definition) is 1. The summed E-state index contributed by atoms with van der Waals surface area (Å²) in [6.07, 6.45) is 2.41. The number of likely N-dealkylation sites (tertiary alicyclic amines) is 1. The normalized spacial score (nSPS) is 19.8. The van der Waals surface area contributed by atoms with Crippen LogP contribution in [0.4, 0.5) is 5.69 Å². The van der Waals surface area contributed by atoms with Crippen molar-refractivity contribution in [3.8, 4) is 5.75 Å². The van der Waals surface area contributed by atoms with E-state index in [1.54, 1.807) is 54.6 Å². The van der Waals surface area contributed by atoms with Gasteiger partial charge in [-0.15, -0.1) is 0 Å². The highest BCUT2D eigenvalue weighted by Crippen LogP contribution is 2.36. The topological polar surface area (TPSA) is 79.0 Å². The Morgan fingerprint density at radius 2 is 1.75 bits per heavy atom. The number of rotatable bonds is 7. The van der Waals surface area contributed by atoms with E-state index in [4.69, 9.17) is 4.74 Å². The Bertz CT molecular complexity index is 1020. The Labute approximate surface area is 190 Å². The summed E-state index contributed by atoms with van der Waals surface area (Å²) in [7, 11) is -3.82. The quantitative estimate of drug-likeness (QED) is 0.647. The number of ether oxygens (including phenoxy) is 1. The average Bonchev–Trinajstić information content (AvgIpc) is 2.82. The third kappa shape index (κ3) is 5.07. The molecule has 8 heteroatoms. The van der Waals surface area contributed by atoms with Gasteiger partial charge in [0.2, 0.25) is 0 Å². The summed E-state index contributed by atoms with van der Waals surface area (Å²) in [5, 5.41) is 2.93. The molecule has 172 valence electrons. The number of sulfonamides is 1. The predicted octanol–water partition coefficient (Wildman–Crippen LogP) is 2.88. The van der Waals surface area contributed by atoms with Crippen molar-refractivity contribution < 1.29 is 17.9 Å². The van der Waals surface area contributed by atoms with E-state index < -0.39 is 16.1 Å². The highest BCUT2D eigenvalue weighted by atomic mass is 32.2. The first-order valence-electron chi connectivity index (χ1n) is 11.3. The van der Waals surface area contributed by atoms with Crippen molar-refractivity contribution in [2.75, 3.05) is 37.0 Å². The second-order valence-electron chi connectivity index (χ2n) is 8.59. The van der Waals surface area contributed by atoms with E-state index >= 15 is 0 Å². The van der Waals surface area contributed by atoms with Crippen LogP contribution in [-0.2, 0) is 14.8 Å². The Balaban J connectivity index is 1.40. The van der Waals surface area contributed by atoms with E-state index in [9.17, 15) is 13.2 Å². The van der Waals surface area contributed by atoms with E-state index in [0.717, 1.165) is 32.0 Å². The standard InChI is InChI=1S/C24H31N3O4S/c1-19-12-16-26(17-13-19)15-7-14-25-24(28)23-18-27(21-10-5-6-11-22(21)31-23)32(29,30)20-8-3-2-4-9-20/h2-6,8-11,19,23H,7,12-18H2,1H3,(H,25,28). The average molecular weight is 458 g/mol. The maximum Gasteiger partial charge on any atom is 0.264 e.